The molecule has 2 aromatic rings. The number of amides is 2. The fraction of sp³-hybridized carbons (Fsp3) is 0.222. The molecule has 2 aliphatic heterocycles. The Morgan fingerprint density at radius 2 is 1.96 bits per heavy atom. The maximum Gasteiger partial charge on any atom is 0.256 e. The van der Waals surface area contributed by atoms with Crippen molar-refractivity contribution in [3.8, 4) is 0 Å². The van der Waals surface area contributed by atoms with Crippen molar-refractivity contribution < 1.29 is 9.59 Å². The average Bonchev–Trinajstić information content (AvgIpc) is 3.15. The van der Waals surface area contributed by atoms with Crippen molar-refractivity contribution in [2.75, 3.05) is 5.75 Å². The van der Waals surface area contributed by atoms with Gasteiger partial charge in [-0.05, 0) is 23.3 Å². The van der Waals surface area contributed by atoms with E-state index in [1.807, 2.05) is 48.5 Å². The molecule has 0 aromatic heterocycles. The second kappa shape index (κ2) is 6.26. The number of fused-ring (bicyclic) bond motifs is 3. The number of thioether (sulfide) groups is 1. The van der Waals surface area contributed by atoms with E-state index in [1.165, 1.54) is 0 Å². The Kier molecular flexibility index (Phi) is 4.10. The molecule has 1 saturated heterocycles. The van der Waals surface area contributed by atoms with Crippen LogP contribution in [0.2, 0.25) is 0 Å². The summed E-state index contributed by atoms with van der Waals surface area (Å²) in [6.45, 7) is 0.446. The van der Waals surface area contributed by atoms with Crippen molar-refractivity contribution in [2.45, 2.75) is 18.0 Å². The van der Waals surface area contributed by atoms with Crippen LogP contribution < -0.4 is 5.32 Å². The second-order valence-corrected chi connectivity index (χ2v) is 7.78. The minimum atomic E-state index is -0.414. The monoisotopic (exact) mass is 402 g/mol. The van der Waals surface area contributed by atoms with E-state index in [2.05, 4.69) is 21.2 Å². The van der Waals surface area contributed by atoms with Crippen LogP contribution >= 0.6 is 27.7 Å². The van der Waals surface area contributed by atoms with Gasteiger partial charge in [0, 0.05) is 22.3 Å². The van der Waals surface area contributed by atoms with Gasteiger partial charge < -0.3 is 10.2 Å². The Morgan fingerprint density at radius 3 is 2.79 bits per heavy atom. The van der Waals surface area contributed by atoms with E-state index in [9.17, 15) is 9.59 Å². The molecule has 0 aliphatic carbocycles. The Labute approximate surface area is 152 Å². The molecule has 0 bridgehead atoms. The SMILES string of the molecule is O=C(NCc1ccccc1Br)C1CSC2c3ccccc3C(=O)N12. The van der Waals surface area contributed by atoms with Crippen molar-refractivity contribution in [2.24, 2.45) is 0 Å². The van der Waals surface area contributed by atoms with Crippen molar-refractivity contribution in [3.63, 3.8) is 0 Å². The molecule has 6 heteroatoms. The van der Waals surface area contributed by atoms with Crippen LogP contribution in [0.4, 0.5) is 0 Å². The molecule has 2 atom stereocenters. The highest BCUT2D eigenvalue weighted by molar-refractivity contribution is 9.10. The number of carbonyl (C=O) groups excluding carboxylic acids is 2. The van der Waals surface area contributed by atoms with E-state index >= 15 is 0 Å². The third-order valence-corrected chi connectivity index (χ3v) is 6.48. The molecule has 0 saturated carbocycles. The first-order valence-corrected chi connectivity index (χ1v) is 9.55. The van der Waals surface area contributed by atoms with E-state index in [4.69, 9.17) is 0 Å². The molecular formula is C18H15BrN2O2S. The van der Waals surface area contributed by atoms with Gasteiger partial charge in [0.1, 0.15) is 11.4 Å². The number of nitrogens with zero attached hydrogens (tertiary/aromatic N) is 1. The summed E-state index contributed by atoms with van der Waals surface area (Å²) in [6.07, 6.45) is 0. The van der Waals surface area contributed by atoms with Crippen LogP contribution in [-0.4, -0.2) is 28.5 Å². The smallest absolute Gasteiger partial charge is 0.256 e. The summed E-state index contributed by atoms with van der Waals surface area (Å²) in [4.78, 5) is 27.0. The zero-order valence-corrected chi connectivity index (χ0v) is 15.1. The lowest BCUT2D eigenvalue weighted by Gasteiger charge is -2.22. The molecule has 4 nitrogen and oxygen atoms in total. The number of hydrogen-bond acceptors (Lipinski definition) is 3. The third kappa shape index (κ3) is 2.54. The van der Waals surface area contributed by atoms with Crippen LogP contribution in [-0.2, 0) is 11.3 Å². The van der Waals surface area contributed by atoms with Crippen LogP contribution in [0.25, 0.3) is 0 Å². The Bertz CT molecular complexity index is 826. The molecule has 4 rings (SSSR count). The van der Waals surface area contributed by atoms with Crippen LogP contribution in [0.3, 0.4) is 0 Å². The summed E-state index contributed by atoms with van der Waals surface area (Å²) in [5.74, 6) is 0.496. The average molecular weight is 403 g/mol. The summed E-state index contributed by atoms with van der Waals surface area (Å²) < 4.78 is 0.966. The largest absolute Gasteiger partial charge is 0.350 e. The fourth-order valence-corrected chi connectivity index (χ4v) is 5.07. The normalized spacial score (nSPS) is 21.5. The van der Waals surface area contributed by atoms with Gasteiger partial charge in [0.2, 0.25) is 5.91 Å². The molecular weight excluding hydrogens is 388 g/mol. The van der Waals surface area contributed by atoms with Crippen molar-refractivity contribution in [1.29, 1.82) is 0 Å². The molecule has 2 aromatic carbocycles. The summed E-state index contributed by atoms with van der Waals surface area (Å²) in [5, 5.41) is 2.93. The fourth-order valence-electron chi connectivity index (χ4n) is 3.18. The van der Waals surface area contributed by atoms with Crippen LogP contribution in [0.15, 0.2) is 53.0 Å². The summed E-state index contributed by atoms with van der Waals surface area (Å²) in [7, 11) is 0. The Balaban J connectivity index is 1.49. The topological polar surface area (TPSA) is 49.4 Å². The van der Waals surface area contributed by atoms with Crippen molar-refractivity contribution in [3.05, 3.63) is 69.7 Å². The molecule has 0 spiro atoms. The quantitative estimate of drug-likeness (QED) is 0.856. The molecule has 1 N–H and O–H groups in total. The number of nitrogens with one attached hydrogen (secondary N) is 1. The van der Waals surface area contributed by atoms with Gasteiger partial charge in [0.15, 0.2) is 0 Å². The first-order valence-electron chi connectivity index (χ1n) is 7.71. The van der Waals surface area contributed by atoms with Gasteiger partial charge in [-0.3, -0.25) is 9.59 Å². The number of halogens is 1. The zero-order valence-electron chi connectivity index (χ0n) is 12.7. The number of rotatable bonds is 3. The van der Waals surface area contributed by atoms with Crippen LogP contribution in [0.1, 0.15) is 26.9 Å². The van der Waals surface area contributed by atoms with Crippen LogP contribution in [0.5, 0.6) is 0 Å². The standard InChI is InChI=1S/C18H15BrN2O2S/c19-14-8-4-1-5-11(14)9-20-16(22)15-10-24-18-13-7-3-2-6-12(13)17(23)21(15)18/h1-8,15,18H,9-10H2,(H,20,22). The van der Waals surface area contributed by atoms with E-state index in [0.717, 1.165) is 21.2 Å². The highest BCUT2D eigenvalue weighted by atomic mass is 79.9. The Hall–Kier alpha value is -1.79. The molecule has 0 radical (unpaired) electrons. The summed E-state index contributed by atoms with van der Waals surface area (Å²) >= 11 is 5.14. The van der Waals surface area contributed by atoms with Crippen LogP contribution in [0, 0.1) is 0 Å². The molecule has 2 heterocycles. The molecule has 2 aliphatic rings. The predicted molar refractivity (Wildman–Crippen MR) is 97.6 cm³/mol. The minimum Gasteiger partial charge on any atom is -0.350 e. The van der Waals surface area contributed by atoms with Crippen molar-refractivity contribution in [1.82, 2.24) is 10.2 Å². The number of benzene rings is 2. The van der Waals surface area contributed by atoms with Gasteiger partial charge in [-0.15, -0.1) is 11.8 Å². The number of carbonyl (C=O) groups is 2. The lowest BCUT2D eigenvalue weighted by molar-refractivity contribution is -0.124. The van der Waals surface area contributed by atoms with Crippen molar-refractivity contribution >= 4 is 39.5 Å². The van der Waals surface area contributed by atoms with E-state index in [0.29, 0.717) is 12.3 Å². The number of hydrogen-bond donors (Lipinski definition) is 1. The maximum absolute atomic E-state index is 12.6. The summed E-state index contributed by atoms with van der Waals surface area (Å²) in [6, 6.07) is 15.0. The second-order valence-electron chi connectivity index (χ2n) is 5.81. The molecule has 1 fully saturated rings. The molecule has 122 valence electrons. The molecule has 24 heavy (non-hydrogen) atoms. The third-order valence-electron chi connectivity index (χ3n) is 4.41. The highest BCUT2D eigenvalue weighted by Crippen LogP contribution is 2.48. The first kappa shape index (κ1) is 15.7. The molecule has 2 unspecified atom stereocenters. The van der Waals surface area contributed by atoms with E-state index in [-0.39, 0.29) is 17.2 Å². The van der Waals surface area contributed by atoms with Gasteiger partial charge >= 0.3 is 0 Å². The van der Waals surface area contributed by atoms with Gasteiger partial charge in [-0.1, -0.05) is 52.3 Å². The highest BCUT2D eigenvalue weighted by Gasteiger charge is 2.48. The van der Waals surface area contributed by atoms with E-state index in [1.54, 1.807) is 16.7 Å². The lowest BCUT2D eigenvalue weighted by Crippen LogP contribution is -2.45. The van der Waals surface area contributed by atoms with Gasteiger partial charge in [-0.2, -0.15) is 0 Å². The maximum atomic E-state index is 12.6. The van der Waals surface area contributed by atoms with Gasteiger partial charge in [0.25, 0.3) is 5.91 Å². The molecule has 2 amide bonds. The van der Waals surface area contributed by atoms with Gasteiger partial charge in [0.05, 0.1) is 0 Å². The minimum absolute atomic E-state index is 0.0343. The predicted octanol–water partition coefficient (Wildman–Crippen LogP) is 3.34. The Morgan fingerprint density at radius 1 is 1.21 bits per heavy atom. The van der Waals surface area contributed by atoms with Gasteiger partial charge in [-0.25, -0.2) is 0 Å². The van der Waals surface area contributed by atoms with E-state index < -0.39 is 6.04 Å². The summed E-state index contributed by atoms with van der Waals surface area (Å²) in [5.41, 5.74) is 2.76. The lowest BCUT2D eigenvalue weighted by atomic mass is 10.1. The first-order chi connectivity index (χ1) is 11.7. The zero-order chi connectivity index (χ0) is 16.7.